The molecule has 0 saturated carbocycles. The van der Waals surface area contributed by atoms with Gasteiger partial charge < -0.3 is 9.88 Å². The van der Waals surface area contributed by atoms with Crippen molar-refractivity contribution >= 4 is 11.6 Å². The van der Waals surface area contributed by atoms with Gasteiger partial charge in [-0.25, -0.2) is 4.39 Å². The van der Waals surface area contributed by atoms with E-state index in [1.165, 1.54) is 0 Å². The Morgan fingerprint density at radius 1 is 1.21 bits per heavy atom. The Balaban J connectivity index is 2.07. The van der Waals surface area contributed by atoms with Crippen LogP contribution < -0.4 is 10.9 Å². The highest BCUT2D eigenvalue weighted by Crippen LogP contribution is 2.08. The van der Waals surface area contributed by atoms with Gasteiger partial charge in [-0.1, -0.05) is 17.7 Å². The molecular weight excluding hydrogens is 247 g/mol. The second-order valence-corrected chi connectivity index (χ2v) is 4.23. The van der Waals surface area contributed by atoms with Crippen molar-refractivity contribution in [1.29, 1.82) is 0 Å². The van der Waals surface area contributed by atoms with Crippen molar-refractivity contribution in [3.63, 3.8) is 0 Å². The highest BCUT2D eigenvalue weighted by Gasteiger charge is 2.05. The van der Waals surface area contributed by atoms with Crippen LogP contribution in [0, 0.1) is 12.7 Å². The Bertz CT molecular complexity index is 647. The van der Waals surface area contributed by atoms with Crippen LogP contribution in [0.25, 0.3) is 0 Å². The Labute approximate surface area is 109 Å². The third kappa shape index (κ3) is 3.51. The van der Waals surface area contributed by atoms with E-state index >= 15 is 0 Å². The molecule has 1 amide bonds. The molecule has 0 atom stereocenters. The van der Waals surface area contributed by atoms with Gasteiger partial charge in [0.1, 0.15) is 12.4 Å². The maximum atomic E-state index is 13.0. The van der Waals surface area contributed by atoms with Crippen molar-refractivity contribution in [2.45, 2.75) is 13.5 Å². The molecule has 0 aliphatic rings. The molecule has 0 saturated heterocycles. The first-order chi connectivity index (χ1) is 9.04. The van der Waals surface area contributed by atoms with E-state index in [0.29, 0.717) is 5.69 Å². The molecule has 0 fully saturated rings. The number of carbonyl (C=O) groups is 1. The molecule has 2 rings (SSSR count). The van der Waals surface area contributed by atoms with Crippen molar-refractivity contribution in [3.8, 4) is 0 Å². The van der Waals surface area contributed by atoms with E-state index in [-0.39, 0.29) is 12.5 Å². The number of anilines is 1. The zero-order chi connectivity index (χ0) is 13.8. The molecule has 0 bridgehead atoms. The predicted octanol–water partition coefficient (Wildman–Crippen LogP) is 1.93. The monoisotopic (exact) mass is 260 g/mol. The lowest BCUT2D eigenvalue weighted by Gasteiger charge is -2.07. The molecular formula is C14H13FN2O2. The first kappa shape index (κ1) is 13.0. The second-order valence-electron chi connectivity index (χ2n) is 4.23. The van der Waals surface area contributed by atoms with Gasteiger partial charge in [0.05, 0.1) is 0 Å². The van der Waals surface area contributed by atoms with Gasteiger partial charge in [0.15, 0.2) is 0 Å². The summed E-state index contributed by atoms with van der Waals surface area (Å²) in [6.45, 7) is 1.72. The zero-order valence-electron chi connectivity index (χ0n) is 10.4. The highest BCUT2D eigenvalue weighted by molar-refractivity contribution is 5.90. The third-order valence-electron chi connectivity index (χ3n) is 2.60. The van der Waals surface area contributed by atoms with E-state index < -0.39 is 11.4 Å². The van der Waals surface area contributed by atoms with Gasteiger partial charge in [-0.3, -0.25) is 9.59 Å². The van der Waals surface area contributed by atoms with E-state index in [4.69, 9.17) is 0 Å². The summed E-state index contributed by atoms with van der Waals surface area (Å²) in [4.78, 5) is 23.2. The smallest absolute Gasteiger partial charge is 0.251 e. The molecule has 5 heteroatoms. The largest absolute Gasteiger partial charge is 0.325 e. The van der Waals surface area contributed by atoms with Crippen molar-refractivity contribution < 1.29 is 9.18 Å². The number of nitrogens with one attached hydrogen (secondary N) is 1. The summed E-state index contributed by atoms with van der Waals surface area (Å²) in [6.07, 6.45) is 1.01. The van der Waals surface area contributed by atoms with Crippen molar-refractivity contribution in [3.05, 3.63) is 64.3 Å². The second kappa shape index (κ2) is 5.48. The molecule has 1 N–H and O–H groups in total. The molecule has 0 radical (unpaired) electrons. The average molecular weight is 260 g/mol. The Kier molecular flexibility index (Phi) is 3.75. The van der Waals surface area contributed by atoms with E-state index in [9.17, 15) is 14.0 Å². The number of rotatable bonds is 3. The molecule has 0 unspecified atom stereocenters. The lowest BCUT2D eigenvalue weighted by molar-refractivity contribution is -0.116. The Morgan fingerprint density at radius 2 is 1.89 bits per heavy atom. The topological polar surface area (TPSA) is 51.1 Å². The first-order valence-electron chi connectivity index (χ1n) is 5.77. The quantitative estimate of drug-likeness (QED) is 0.916. The van der Waals surface area contributed by atoms with Crippen molar-refractivity contribution in [2.75, 3.05) is 5.32 Å². The number of carbonyl (C=O) groups excluding carboxylic acids is 1. The van der Waals surface area contributed by atoms with E-state index in [0.717, 1.165) is 28.5 Å². The minimum atomic E-state index is -0.553. The minimum Gasteiger partial charge on any atom is -0.325 e. The molecule has 0 aliphatic carbocycles. The number of nitrogens with zero attached hydrogens (tertiary/aromatic N) is 1. The number of hydrogen-bond donors (Lipinski definition) is 1. The number of halogens is 1. The first-order valence-corrected chi connectivity index (χ1v) is 5.77. The SMILES string of the molecule is Cc1ccc(NC(=O)Cn2cc(F)ccc2=O)cc1. The minimum absolute atomic E-state index is 0.218. The number of aryl methyl sites for hydroxylation is 1. The predicted molar refractivity (Wildman–Crippen MR) is 70.5 cm³/mol. The average Bonchev–Trinajstić information content (AvgIpc) is 2.37. The molecule has 98 valence electrons. The summed E-state index contributed by atoms with van der Waals surface area (Å²) in [5.41, 5.74) is 1.31. The summed E-state index contributed by atoms with van der Waals surface area (Å²) in [5, 5.41) is 2.64. The van der Waals surface area contributed by atoms with Crippen LogP contribution in [0.5, 0.6) is 0 Å². The van der Waals surface area contributed by atoms with Gasteiger partial charge in [0.2, 0.25) is 5.91 Å². The summed E-state index contributed by atoms with van der Waals surface area (Å²) in [6, 6.07) is 9.42. The van der Waals surface area contributed by atoms with Crippen LogP contribution in [0.3, 0.4) is 0 Å². The van der Waals surface area contributed by atoms with Gasteiger partial charge in [-0.2, -0.15) is 0 Å². The van der Waals surface area contributed by atoms with Crippen LogP contribution in [0.1, 0.15) is 5.56 Å². The Hall–Kier alpha value is -2.43. The zero-order valence-corrected chi connectivity index (χ0v) is 10.4. The van der Waals surface area contributed by atoms with Gasteiger partial charge in [0.25, 0.3) is 5.56 Å². The van der Waals surface area contributed by atoms with Gasteiger partial charge in [-0.15, -0.1) is 0 Å². The van der Waals surface area contributed by atoms with Gasteiger partial charge >= 0.3 is 0 Å². The fourth-order valence-electron chi connectivity index (χ4n) is 1.62. The summed E-state index contributed by atoms with van der Waals surface area (Å²) < 4.78 is 14.0. The molecule has 4 nitrogen and oxygen atoms in total. The number of amides is 1. The van der Waals surface area contributed by atoms with Gasteiger partial charge in [0, 0.05) is 18.0 Å². The molecule has 2 aromatic rings. The fraction of sp³-hybridized carbons (Fsp3) is 0.143. The number of aromatic nitrogens is 1. The number of pyridine rings is 1. The summed E-state index contributed by atoms with van der Waals surface area (Å²) >= 11 is 0. The standard InChI is InChI=1S/C14H13FN2O2/c1-10-2-5-12(6-3-10)16-13(18)9-17-8-11(15)4-7-14(17)19/h2-8H,9H2,1H3,(H,16,18). The highest BCUT2D eigenvalue weighted by atomic mass is 19.1. The number of hydrogen-bond acceptors (Lipinski definition) is 2. The van der Waals surface area contributed by atoms with Crippen LogP contribution in [0.2, 0.25) is 0 Å². The normalized spacial score (nSPS) is 10.2. The Morgan fingerprint density at radius 3 is 2.58 bits per heavy atom. The summed E-state index contributed by atoms with van der Waals surface area (Å²) in [5.74, 6) is -0.931. The molecule has 0 spiro atoms. The molecule has 1 heterocycles. The van der Waals surface area contributed by atoms with Crippen molar-refractivity contribution in [1.82, 2.24) is 4.57 Å². The van der Waals surface area contributed by atoms with Gasteiger partial charge in [-0.05, 0) is 25.1 Å². The van der Waals surface area contributed by atoms with Crippen LogP contribution in [0.15, 0.2) is 47.4 Å². The lowest BCUT2D eigenvalue weighted by atomic mass is 10.2. The summed E-state index contributed by atoms with van der Waals surface area (Å²) in [7, 11) is 0. The van der Waals surface area contributed by atoms with Crippen molar-refractivity contribution in [2.24, 2.45) is 0 Å². The van der Waals surface area contributed by atoms with E-state index in [2.05, 4.69) is 5.32 Å². The molecule has 1 aromatic carbocycles. The number of benzene rings is 1. The maximum absolute atomic E-state index is 13.0. The van der Waals surface area contributed by atoms with Crippen LogP contribution >= 0.6 is 0 Å². The molecule has 19 heavy (non-hydrogen) atoms. The van der Waals surface area contributed by atoms with Crippen LogP contribution in [0.4, 0.5) is 10.1 Å². The molecule has 1 aromatic heterocycles. The van der Waals surface area contributed by atoms with Crippen LogP contribution in [-0.2, 0) is 11.3 Å². The van der Waals surface area contributed by atoms with Crippen LogP contribution in [-0.4, -0.2) is 10.5 Å². The van der Waals surface area contributed by atoms with E-state index in [1.54, 1.807) is 12.1 Å². The lowest BCUT2D eigenvalue weighted by Crippen LogP contribution is -2.27. The fourth-order valence-corrected chi connectivity index (χ4v) is 1.62. The van der Waals surface area contributed by atoms with E-state index in [1.807, 2.05) is 19.1 Å². The third-order valence-corrected chi connectivity index (χ3v) is 2.60. The molecule has 0 aliphatic heterocycles. The maximum Gasteiger partial charge on any atom is 0.251 e.